The first-order valence-electron chi connectivity index (χ1n) is 5.21. The topological polar surface area (TPSA) is 73.1 Å². The minimum absolute atomic E-state index is 0.0107. The van der Waals surface area contributed by atoms with Crippen molar-refractivity contribution in [2.45, 2.75) is 25.8 Å². The van der Waals surface area contributed by atoms with E-state index in [-0.39, 0.29) is 12.5 Å². The van der Waals surface area contributed by atoms with Gasteiger partial charge in [0.15, 0.2) is 0 Å². The molecule has 0 aromatic heterocycles. The van der Waals surface area contributed by atoms with Crippen LogP contribution in [0.3, 0.4) is 0 Å². The highest BCUT2D eigenvalue weighted by Gasteiger charge is 2.08. The van der Waals surface area contributed by atoms with E-state index in [0.29, 0.717) is 22.7 Å². The number of carbonyl (C=O) groups is 1. The molecule has 2 N–H and O–H groups in total. The Hall–Kier alpha value is -1.73. The van der Waals surface area contributed by atoms with Crippen molar-refractivity contribution in [3.63, 3.8) is 0 Å². The summed E-state index contributed by atoms with van der Waals surface area (Å²) in [5.41, 5.74) is 1.21. The van der Waals surface area contributed by atoms with Crippen molar-refractivity contribution >= 4 is 23.3 Å². The fraction of sp³-hybridized carbons (Fsp3) is 0.333. The molecule has 0 saturated carbocycles. The normalized spacial score (nSPS) is 11.6. The van der Waals surface area contributed by atoms with Crippen LogP contribution in [0.5, 0.6) is 0 Å². The number of nitriles is 1. The van der Waals surface area contributed by atoms with Gasteiger partial charge in [-0.1, -0.05) is 11.6 Å². The van der Waals surface area contributed by atoms with Gasteiger partial charge in [-0.25, -0.2) is 0 Å². The number of rotatable bonds is 5. The van der Waals surface area contributed by atoms with Gasteiger partial charge in [-0.15, -0.1) is 0 Å². The Morgan fingerprint density at radius 2 is 2.35 bits per heavy atom. The zero-order valence-electron chi connectivity index (χ0n) is 9.40. The van der Waals surface area contributed by atoms with Gasteiger partial charge in [0.2, 0.25) is 0 Å². The second-order valence-corrected chi connectivity index (χ2v) is 4.19. The summed E-state index contributed by atoms with van der Waals surface area (Å²) in [6.07, 6.45) is 0.633. The summed E-state index contributed by atoms with van der Waals surface area (Å²) in [5, 5.41) is 20.8. The molecule has 1 aromatic rings. The number of carboxylic acid groups (broad SMARTS) is 1. The lowest BCUT2D eigenvalue weighted by Crippen LogP contribution is -2.16. The van der Waals surface area contributed by atoms with E-state index in [1.807, 2.05) is 13.0 Å². The number of halogens is 1. The third kappa shape index (κ3) is 4.33. The van der Waals surface area contributed by atoms with E-state index in [0.717, 1.165) is 0 Å². The van der Waals surface area contributed by atoms with Crippen molar-refractivity contribution in [1.29, 1.82) is 5.26 Å². The van der Waals surface area contributed by atoms with Crippen LogP contribution < -0.4 is 5.32 Å². The Balaban J connectivity index is 2.62. The van der Waals surface area contributed by atoms with E-state index in [1.165, 1.54) is 0 Å². The second-order valence-electron chi connectivity index (χ2n) is 3.78. The number of nitrogens with zero attached hydrogens (tertiary/aromatic N) is 1. The average Bonchev–Trinajstić information content (AvgIpc) is 2.29. The summed E-state index contributed by atoms with van der Waals surface area (Å²) in [6.45, 7) is 1.89. The molecule has 5 heteroatoms. The van der Waals surface area contributed by atoms with E-state index in [1.54, 1.807) is 18.2 Å². The van der Waals surface area contributed by atoms with Crippen LogP contribution in [0.1, 0.15) is 25.3 Å². The van der Waals surface area contributed by atoms with Crippen LogP contribution in [0.15, 0.2) is 18.2 Å². The molecule has 0 fully saturated rings. The maximum Gasteiger partial charge on any atom is 0.303 e. The van der Waals surface area contributed by atoms with Gasteiger partial charge in [0.25, 0.3) is 0 Å². The summed E-state index contributed by atoms with van der Waals surface area (Å²) < 4.78 is 0. The summed E-state index contributed by atoms with van der Waals surface area (Å²) in [6, 6.07) is 6.97. The smallest absolute Gasteiger partial charge is 0.303 e. The molecular formula is C12H13ClN2O2. The monoisotopic (exact) mass is 252 g/mol. The molecule has 0 aliphatic carbocycles. The molecule has 17 heavy (non-hydrogen) atoms. The summed E-state index contributed by atoms with van der Waals surface area (Å²) in [4.78, 5) is 10.4. The van der Waals surface area contributed by atoms with Crippen molar-refractivity contribution in [2.24, 2.45) is 0 Å². The molecule has 0 amide bonds. The molecule has 0 aliphatic rings. The first-order valence-corrected chi connectivity index (χ1v) is 5.58. The molecule has 0 aliphatic heterocycles. The predicted octanol–water partition coefficient (Wildman–Crippen LogP) is 2.88. The van der Waals surface area contributed by atoms with E-state index in [9.17, 15) is 4.79 Å². The van der Waals surface area contributed by atoms with Gasteiger partial charge in [-0.05, 0) is 31.5 Å². The molecular weight excluding hydrogens is 240 g/mol. The fourth-order valence-electron chi connectivity index (χ4n) is 1.38. The Kier molecular flexibility index (Phi) is 4.80. The lowest BCUT2D eigenvalue weighted by Gasteiger charge is -2.15. The SMILES string of the molecule is CC(CCC(=O)O)Nc1ccc(C#N)cc1Cl. The fourth-order valence-corrected chi connectivity index (χ4v) is 1.61. The average molecular weight is 253 g/mol. The van der Waals surface area contributed by atoms with E-state index < -0.39 is 5.97 Å². The van der Waals surface area contributed by atoms with Crippen LogP contribution >= 0.6 is 11.6 Å². The van der Waals surface area contributed by atoms with E-state index in [4.69, 9.17) is 22.0 Å². The van der Waals surface area contributed by atoms with Crippen LogP contribution in [0.25, 0.3) is 0 Å². The number of carboxylic acids is 1. The number of anilines is 1. The molecule has 0 bridgehead atoms. The van der Waals surface area contributed by atoms with Crippen LogP contribution in [-0.2, 0) is 4.79 Å². The Morgan fingerprint density at radius 1 is 1.65 bits per heavy atom. The predicted molar refractivity (Wildman–Crippen MR) is 66.1 cm³/mol. The van der Waals surface area contributed by atoms with Crippen LogP contribution in [0, 0.1) is 11.3 Å². The van der Waals surface area contributed by atoms with Gasteiger partial charge in [0.1, 0.15) is 0 Å². The van der Waals surface area contributed by atoms with Crippen molar-refractivity contribution in [1.82, 2.24) is 0 Å². The number of hydrogen-bond donors (Lipinski definition) is 2. The van der Waals surface area contributed by atoms with Gasteiger partial charge in [-0.2, -0.15) is 5.26 Å². The molecule has 1 atom stereocenters. The molecule has 0 heterocycles. The van der Waals surface area contributed by atoms with Gasteiger partial charge in [0.05, 0.1) is 22.3 Å². The highest BCUT2D eigenvalue weighted by molar-refractivity contribution is 6.33. The Labute approximate surface area is 105 Å². The minimum atomic E-state index is -0.815. The van der Waals surface area contributed by atoms with Crippen molar-refractivity contribution in [3.05, 3.63) is 28.8 Å². The number of hydrogen-bond acceptors (Lipinski definition) is 3. The standard InChI is InChI=1S/C12H13ClN2O2/c1-8(2-5-12(16)17)15-11-4-3-9(7-14)6-10(11)13/h3-4,6,8,15H,2,5H2,1H3,(H,16,17). The first-order chi connectivity index (χ1) is 8.02. The lowest BCUT2D eigenvalue weighted by atomic mass is 10.1. The quantitative estimate of drug-likeness (QED) is 0.845. The van der Waals surface area contributed by atoms with Gasteiger partial charge >= 0.3 is 5.97 Å². The third-order valence-electron chi connectivity index (χ3n) is 2.29. The maximum atomic E-state index is 10.4. The van der Waals surface area contributed by atoms with Crippen LogP contribution in [-0.4, -0.2) is 17.1 Å². The highest BCUT2D eigenvalue weighted by atomic mass is 35.5. The largest absolute Gasteiger partial charge is 0.481 e. The minimum Gasteiger partial charge on any atom is -0.481 e. The second kappa shape index (κ2) is 6.12. The highest BCUT2D eigenvalue weighted by Crippen LogP contribution is 2.24. The van der Waals surface area contributed by atoms with Gasteiger partial charge in [0, 0.05) is 12.5 Å². The van der Waals surface area contributed by atoms with Crippen LogP contribution in [0.2, 0.25) is 5.02 Å². The third-order valence-corrected chi connectivity index (χ3v) is 2.60. The first kappa shape index (κ1) is 13.3. The molecule has 1 unspecified atom stereocenters. The maximum absolute atomic E-state index is 10.4. The molecule has 4 nitrogen and oxygen atoms in total. The molecule has 1 rings (SSSR count). The zero-order chi connectivity index (χ0) is 12.8. The van der Waals surface area contributed by atoms with Crippen LogP contribution in [0.4, 0.5) is 5.69 Å². The van der Waals surface area contributed by atoms with Crippen molar-refractivity contribution in [3.8, 4) is 6.07 Å². The lowest BCUT2D eigenvalue weighted by molar-refractivity contribution is -0.137. The summed E-state index contributed by atoms with van der Waals surface area (Å²) in [7, 11) is 0. The van der Waals surface area contributed by atoms with Crippen molar-refractivity contribution < 1.29 is 9.90 Å². The molecule has 90 valence electrons. The molecule has 0 spiro atoms. The summed E-state index contributed by atoms with van der Waals surface area (Å²) >= 11 is 5.99. The Morgan fingerprint density at radius 3 is 2.88 bits per heavy atom. The molecule has 0 saturated heterocycles. The van der Waals surface area contributed by atoms with Gasteiger partial charge in [-0.3, -0.25) is 4.79 Å². The number of benzene rings is 1. The number of nitrogens with one attached hydrogen (secondary N) is 1. The van der Waals surface area contributed by atoms with E-state index in [2.05, 4.69) is 5.32 Å². The van der Waals surface area contributed by atoms with Crippen molar-refractivity contribution in [2.75, 3.05) is 5.32 Å². The summed E-state index contributed by atoms with van der Waals surface area (Å²) in [5.74, 6) is -0.815. The molecule has 0 radical (unpaired) electrons. The van der Waals surface area contributed by atoms with E-state index >= 15 is 0 Å². The Bertz CT molecular complexity index is 454. The zero-order valence-corrected chi connectivity index (χ0v) is 10.2. The molecule has 1 aromatic carbocycles. The number of aliphatic carboxylic acids is 1. The van der Waals surface area contributed by atoms with Gasteiger partial charge < -0.3 is 10.4 Å².